The van der Waals surface area contributed by atoms with Gasteiger partial charge in [0.25, 0.3) is 5.91 Å². The minimum Gasteiger partial charge on any atom is -0.348 e. The maximum absolute atomic E-state index is 12.6. The molecule has 2 aliphatic heterocycles. The number of nitrogens with one attached hydrogen (secondary N) is 1. The molecule has 1 atom stereocenters. The van der Waals surface area contributed by atoms with Crippen LogP contribution in [0.4, 0.5) is 0 Å². The smallest absolute Gasteiger partial charge is 0.251 e. The summed E-state index contributed by atoms with van der Waals surface area (Å²) in [5.41, 5.74) is 2.52. The van der Waals surface area contributed by atoms with Crippen molar-refractivity contribution in [3.8, 4) is 0 Å². The van der Waals surface area contributed by atoms with Gasteiger partial charge in [-0.3, -0.25) is 14.4 Å². The van der Waals surface area contributed by atoms with Crippen LogP contribution in [0.3, 0.4) is 0 Å². The Labute approximate surface area is 164 Å². The Hall–Kier alpha value is -3.15. The van der Waals surface area contributed by atoms with Gasteiger partial charge in [0.15, 0.2) is 0 Å². The standard InChI is InChI=1S/C22H23N3O3/c26-20-15-24(22(28)19-7-4-12-25(19)20)14-17-8-10-18(11-9-17)21(27)23-13-16-5-2-1-3-6-16/h1-3,5-6,8-11,19H,4,7,12-15H2,(H,23,27). The largest absolute Gasteiger partial charge is 0.348 e. The molecule has 0 aromatic heterocycles. The second-order valence-electron chi connectivity index (χ2n) is 7.30. The van der Waals surface area contributed by atoms with Crippen LogP contribution in [0.25, 0.3) is 0 Å². The minimum absolute atomic E-state index is 0.0269. The Morgan fingerprint density at radius 3 is 2.50 bits per heavy atom. The number of nitrogens with zero attached hydrogens (tertiary/aromatic N) is 2. The van der Waals surface area contributed by atoms with E-state index in [1.807, 2.05) is 42.5 Å². The number of hydrogen-bond donors (Lipinski definition) is 1. The molecule has 3 amide bonds. The summed E-state index contributed by atoms with van der Waals surface area (Å²) in [6, 6.07) is 16.7. The van der Waals surface area contributed by atoms with E-state index in [1.165, 1.54) is 0 Å². The van der Waals surface area contributed by atoms with Gasteiger partial charge in [-0.15, -0.1) is 0 Å². The van der Waals surface area contributed by atoms with Crippen LogP contribution in [0.1, 0.15) is 34.3 Å². The lowest BCUT2D eigenvalue weighted by Crippen LogP contribution is -2.56. The molecule has 1 unspecified atom stereocenters. The number of hydrogen-bond acceptors (Lipinski definition) is 3. The molecule has 2 saturated heterocycles. The maximum atomic E-state index is 12.6. The second kappa shape index (κ2) is 7.84. The molecule has 6 heteroatoms. The van der Waals surface area contributed by atoms with Crippen LogP contribution in [0.15, 0.2) is 54.6 Å². The summed E-state index contributed by atoms with van der Waals surface area (Å²) in [4.78, 5) is 40.5. The summed E-state index contributed by atoms with van der Waals surface area (Å²) >= 11 is 0. The number of benzene rings is 2. The fourth-order valence-corrected chi connectivity index (χ4v) is 3.86. The van der Waals surface area contributed by atoms with Gasteiger partial charge in [0.1, 0.15) is 12.6 Å². The van der Waals surface area contributed by atoms with E-state index < -0.39 is 0 Å². The highest BCUT2D eigenvalue weighted by Gasteiger charge is 2.41. The molecule has 0 saturated carbocycles. The van der Waals surface area contributed by atoms with E-state index in [1.54, 1.807) is 21.9 Å². The summed E-state index contributed by atoms with van der Waals surface area (Å²) in [6.07, 6.45) is 1.64. The first-order chi connectivity index (χ1) is 13.6. The van der Waals surface area contributed by atoms with Gasteiger partial charge >= 0.3 is 0 Å². The van der Waals surface area contributed by atoms with E-state index in [-0.39, 0.29) is 30.3 Å². The summed E-state index contributed by atoms with van der Waals surface area (Å²) in [5, 5.41) is 2.90. The number of rotatable bonds is 5. The van der Waals surface area contributed by atoms with Crippen LogP contribution in [0.5, 0.6) is 0 Å². The fraction of sp³-hybridized carbons (Fsp3) is 0.318. The van der Waals surface area contributed by atoms with E-state index in [0.29, 0.717) is 25.2 Å². The molecule has 4 rings (SSSR count). The molecular weight excluding hydrogens is 354 g/mol. The van der Waals surface area contributed by atoms with Gasteiger partial charge in [-0.25, -0.2) is 0 Å². The summed E-state index contributed by atoms with van der Waals surface area (Å²) in [5.74, 6) is -0.0815. The quantitative estimate of drug-likeness (QED) is 0.866. The van der Waals surface area contributed by atoms with E-state index in [9.17, 15) is 14.4 Å². The van der Waals surface area contributed by atoms with Crippen LogP contribution in [-0.2, 0) is 22.7 Å². The predicted octanol–water partition coefficient (Wildman–Crippen LogP) is 1.95. The van der Waals surface area contributed by atoms with Gasteiger partial charge in [-0.2, -0.15) is 0 Å². The van der Waals surface area contributed by atoms with Gasteiger partial charge < -0.3 is 15.1 Å². The Bertz CT molecular complexity index is 880. The van der Waals surface area contributed by atoms with Crippen LogP contribution >= 0.6 is 0 Å². The lowest BCUT2D eigenvalue weighted by molar-refractivity contribution is -0.154. The first kappa shape index (κ1) is 18.2. The third-order valence-electron chi connectivity index (χ3n) is 5.38. The molecule has 2 aromatic carbocycles. The minimum atomic E-state index is -0.288. The third-order valence-corrected chi connectivity index (χ3v) is 5.38. The summed E-state index contributed by atoms with van der Waals surface area (Å²) in [7, 11) is 0. The molecule has 2 aromatic rings. The topological polar surface area (TPSA) is 69.7 Å². The SMILES string of the molecule is O=C(NCc1ccccc1)c1ccc(CN2CC(=O)N3CCCC3C2=O)cc1. The van der Waals surface area contributed by atoms with Crippen molar-refractivity contribution in [3.05, 3.63) is 71.3 Å². The Kier molecular flexibility index (Phi) is 5.10. The Balaban J connectivity index is 1.36. The highest BCUT2D eigenvalue weighted by molar-refractivity contribution is 5.95. The average molecular weight is 377 g/mol. The van der Waals surface area contributed by atoms with Gasteiger partial charge in [0.2, 0.25) is 11.8 Å². The van der Waals surface area contributed by atoms with Crippen molar-refractivity contribution < 1.29 is 14.4 Å². The predicted molar refractivity (Wildman–Crippen MR) is 104 cm³/mol. The van der Waals surface area contributed by atoms with Crippen molar-refractivity contribution in [3.63, 3.8) is 0 Å². The molecule has 1 N–H and O–H groups in total. The van der Waals surface area contributed by atoms with E-state index in [4.69, 9.17) is 0 Å². The van der Waals surface area contributed by atoms with Crippen molar-refractivity contribution in [1.29, 1.82) is 0 Å². The highest BCUT2D eigenvalue weighted by atomic mass is 16.2. The van der Waals surface area contributed by atoms with Crippen LogP contribution < -0.4 is 5.32 Å². The van der Waals surface area contributed by atoms with Crippen LogP contribution in [-0.4, -0.2) is 46.7 Å². The Morgan fingerprint density at radius 2 is 1.75 bits per heavy atom. The molecule has 28 heavy (non-hydrogen) atoms. The van der Waals surface area contributed by atoms with E-state index in [0.717, 1.165) is 24.0 Å². The van der Waals surface area contributed by atoms with Crippen molar-refractivity contribution in [2.45, 2.75) is 32.0 Å². The first-order valence-corrected chi connectivity index (χ1v) is 9.61. The monoisotopic (exact) mass is 377 g/mol. The van der Waals surface area contributed by atoms with Crippen molar-refractivity contribution in [1.82, 2.24) is 15.1 Å². The molecule has 6 nitrogen and oxygen atoms in total. The number of carbonyl (C=O) groups is 3. The molecule has 0 bridgehead atoms. The van der Waals surface area contributed by atoms with Crippen molar-refractivity contribution in [2.75, 3.05) is 13.1 Å². The first-order valence-electron chi connectivity index (χ1n) is 9.61. The molecule has 2 aliphatic rings. The third kappa shape index (κ3) is 3.76. The Morgan fingerprint density at radius 1 is 1.00 bits per heavy atom. The van der Waals surface area contributed by atoms with Crippen LogP contribution in [0.2, 0.25) is 0 Å². The summed E-state index contributed by atoms with van der Waals surface area (Å²) < 4.78 is 0. The van der Waals surface area contributed by atoms with E-state index >= 15 is 0 Å². The molecule has 2 heterocycles. The normalized spacial score (nSPS) is 18.9. The fourth-order valence-electron chi connectivity index (χ4n) is 3.86. The van der Waals surface area contributed by atoms with Gasteiger partial charge in [-0.1, -0.05) is 42.5 Å². The summed E-state index contributed by atoms with van der Waals surface area (Å²) in [6.45, 7) is 1.69. The molecular formula is C22H23N3O3. The zero-order valence-electron chi connectivity index (χ0n) is 15.6. The molecule has 0 aliphatic carbocycles. The lowest BCUT2D eigenvalue weighted by atomic mass is 10.1. The molecule has 144 valence electrons. The van der Waals surface area contributed by atoms with Crippen LogP contribution in [0, 0.1) is 0 Å². The van der Waals surface area contributed by atoms with E-state index in [2.05, 4.69) is 5.32 Å². The lowest BCUT2D eigenvalue weighted by Gasteiger charge is -2.36. The number of piperazine rings is 1. The number of fused-ring (bicyclic) bond motifs is 1. The number of amides is 3. The maximum Gasteiger partial charge on any atom is 0.251 e. The molecule has 0 spiro atoms. The highest BCUT2D eigenvalue weighted by Crippen LogP contribution is 2.24. The van der Waals surface area contributed by atoms with Crippen molar-refractivity contribution in [2.24, 2.45) is 0 Å². The second-order valence-corrected chi connectivity index (χ2v) is 7.30. The average Bonchev–Trinajstić information content (AvgIpc) is 3.22. The zero-order chi connectivity index (χ0) is 19.5. The number of carbonyl (C=O) groups excluding carboxylic acids is 3. The van der Waals surface area contributed by atoms with Gasteiger partial charge in [-0.05, 0) is 36.1 Å². The zero-order valence-corrected chi connectivity index (χ0v) is 15.6. The molecule has 0 radical (unpaired) electrons. The van der Waals surface area contributed by atoms with Gasteiger partial charge in [0, 0.05) is 25.2 Å². The van der Waals surface area contributed by atoms with Gasteiger partial charge in [0.05, 0.1) is 0 Å². The van der Waals surface area contributed by atoms with Crippen molar-refractivity contribution >= 4 is 17.7 Å². The molecule has 2 fully saturated rings.